The van der Waals surface area contributed by atoms with Crippen LogP contribution in [0, 0.1) is 0 Å². The zero-order valence-electron chi connectivity index (χ0n) is 9.21. The Balaban J connectivity index is 2.33. The van der Waals surface area contributed by atoms with Crippen LogP contribution in [0.15, 0.2) is 0 Å². The lowest BCUT2D eigenvalue weighted by atomic mass is 10.2. The normalized spacial score (nSPS) is 22.1. The van der Waals surface area contributed by atoms with Gasteiger partial charge in [0.15, 0.2) is 0 Å². The van der Waals surface area contributed by atoms with Gasteiger partial charge in [0.05, 0.1) is 12.6 Å². The van der Waals surface area contributed by atoms with Crippen LogP contribution in [0.2, 0.25) is 0 Å². The molecule has 1 aliphatic rings. The zero-order chi connectivity index (χ0) is 11.3. The predicted molar refractivity (Wildman–Crippen MR) is 55.3 cm³/mol. The molecule has 1 heterocycles. The second-order valence-electron chi connectivity index (χ2n) is 3.63. The minimum absolute atomic E-state index is 0.118. The van der Waals surface area contributed by atoms with Gasteiger partial charge in [-0.15, -0.1) is 0 Å². The van der Waals surface area contributed by atoms with Gasteiger partial charge in [-0.2, -0.15) is 0 Å². The van der Waals surface area contributed by atoms with E-state index in [1.165, 1.54) is 0 Å². The Bertz CT molecular complexity index is 237. The number of rotatable bonds is 4. The third-order valence-corrected chi connectivity index (χ3v) is 2.38. The van der Waals surface area contributed by atoms with Gasteiger partial charge in [-0.3, -0.25) is 4.79 Å². The average molecular weight is 214 g/mol. The summed E-state index contributed by atoms with van der Waals surface area (Å²) in [5.41, 5.74) is 0. The first-order valence-electron chi connectivity index (χ1n) is 5.35. The van der Waals surface area contributed by atoms with Gasteiger partial charge in [0, 0.05) is 0 Å². The Hall–Kier alpha value is -1.10. The van der Waals surface area contributed by atoms with E-state index in [0.717, 1.165) is 19.4 Å². The molecule has 0 spiro atoms. The van der Waals surface area contributed by atoms with Gasteiger partial charge in [0.25, 0.3) is 0 Å². The fourth-order valence-corrected chi connectivity index (χ4v) is 1.55. The van der Waals surface area contributed by atoms with Crippen molar-refractivity contribution in [3.63, 3.8) is 0 Å². The molecule has 1 rings (SSSR count). The molecule has 86 valence electrons. The summed E-state index contributed by atoms with van der Waals surface area (Å²) in [6.07, 6.45) is 1.84. The number of esters is 1. The molecule has 1 aliphatic heterocycles. The molecule has 0 radical (unpaired) electrons. The summed E-state index contributed by atoms with van der Waals surface area (Å²) in [5, 5.41) is 5.70. The number of amides is 1. The van der Waals surface area contributed by atoms with Gasteiger partial charge in [-0.1, -0.05) is 0 Å². The van der Waals surface area contributed by atoms with Crippen LogP contribution >= 0.6 is 0 Å². The van der Waals surface area contributed by atoms with Gasteiger partial charge in [-0.05, 0) is 33.2 Å². The third kappa shape index (κ3) is 3.51. The van der Waals surface area contributed by atoms with E-state index in [1.807, 2.05) is 0 Å². The summed E-state index contributed by atoms with van der Waals surface area (Å²) in [4.78, 5) is 22.8. The second-order valence-corrected chi connectivity index (χ2v) is 3.63. The second kappa shape index (κ2) is 5.70. The van der Waals surface area contributed by atoms with Gasteiger partial charge in [0.1, 0.15) is 6.04 Å². The molecule has 1 amide bonds. The summed E-state index contributed by atoms with van der Waals surface area (Å²) in [7, 11) is 0. The van der Waals surface area contributed by atoms with Gasteiger partial charge < -0.3 is 15.4 Å². The van der Waals surface area contributed by atoms with Crippen molar-refractivity contribution in [1.82, 2.24) is 10.6 Å². The highest BCUT2D eigenvalue weighted by Crippen LogP contribution is 2.05. The SMILES string of the molecule is CCOC(=O)C(C)NC(=O)C1CCCN1. The van der Waals surface area contributed by atoms with E-state index in [0.29, 0.717) is 6.61 Å². The summed E-state index contributed by atoms with van der Waals surface area (Å²) < 4.78 is 4.79. The van der Waals surface area contributed by atoms with Gasteiger partial charge in [-0.25, -0.2) is 4.79 Å². The van der Waals surface area contributed by atoms with Crippen LogP contribution in [0.4, 0.5) is 0 Å². The molecule has 1 fully saturated rings. The minimum Gasteiger partial charge on any atom is -0.464 e. The zero-order valence-corrected chi connectivity index (χ0v) is 9.21. The number of hydrogen-bond acceptors (Lipinski definition) is 4. The fraction of sp³-hybridized carbons (Fsp3) is 0.800. The van der Waals surface area contributed by atoms with Crippen molar-refractivity contribution in [2.24, 2.45) is 0 Å². The Kier molecular flexibility index (Phi) is 4.55. The monoisotopic (exact) mass is 214 g/mol. The molecule has 2 unspecified atom stereocenters. The number of carbonyl (C=O) groups excluding carboxylic acids is 2. The predicted octanol–water partition coefficient (Wildman–Crippen LogP) is -0.194. The van der Waals surface area contributed by atoms with Crippen LogP contribution in [0.5, 0.6) is 0 Å². The van der Waals surface area contributed by atoms with Crippen molar-refractivity contribution < 1.29 is 14.3 Å². The Labute approximate surface area is 89.6 Å². The van der Waals surface area contributed by atoms with Crippen molar-refractivity contribution >= 4 is 11.9 Å². The largest absolute Gasteiger partial charge is 0.464 e. The van der Waals surface area contributed by atoms with Crippen LogP contribution in [-0.4, -0.2) is 37.1 Å². The van der Waals surface area contributed by atoms with Crippen LogP contribution in [0.1, 0.15) is 26.7 Å². The summed E-state index contributed by atoms with van der Waals surface area (Å²) in [5.74, 6) is -0.503. The first-order chi connectivity index (χ1) is 7.15. The lowest BCUT2D eigenvalue weighted by Gasteiger charge is -2.15. The molecule has 1 saturated heterocycles. The maximum absolute atomic E-state index is 11.6. The fourth-order valence-electron chi connectivity index (χ4n) is 1.55. The van der Waals surface area contributed by atoms with Crippen molar-refractivity contribution in [3.05, 3.63) is 0 Å². The van der Waals surface area contributed by atoms with Crippen molar-refractivity contribution in [2.75, 3.05) is 13.2 Å². The standard InChI is InChI=1S/C10H18N2O3/c1-3-15-10(14)7(2)12-9(13)8-5-4-6-11-8/h7-8,11H,3-6H2,1-2H3,(H,12,13). The summed E-state index contributed by atoms with van der Waals surface area (Å²) in [6, 6.07) is -0.721. The maximum Gasteiger partial charge on any atom is 0.328 e. The van der Waals surface area contributed by atoms with E-state index >= 15 is 0 Å². The van der Waals surface area contributed by atoms with E-state index in [1.54, 1.807) is 13.8 Å². The van der Waals surface area contributed by atoms with E-state index < -0.39 is 6.04 Å². The molecule has 5 nitrogen and oxygen atoms in total. The van der Waals surface area contributed by atoms with Gasteiger partial charge in [0.2, 0.25) is 5.91 Å². The first-order valence-corrected chi connectivity index (χ1v) is 5.35. The first kappa shape index (κ1) is 12.0. The highest BCUT2D eigenvalue weighted by Gasteiger charge is 2.25. The highest BCUT2D eigenvalue weighted by molar-refractivity contribution is 5.87. The molecular weight excluding hydrogens is 196 g/mol. The number of hydrogen-bond donors (Lipinski definition) is 2. The van der Waals surface area contributed by atoms with E-state index in [9.17, 15) is 9.59 Å². The number of carbonyl (C=O) groups is 2. The highest BCUT2D eigenvalue weighted by atomic mass is 16.5. The van der Waals surface area contributed by atoms with Crippen LogP contribution in [0.3, 0.4) is 0 Å². The molecule has 0 aromatic heterocycles. The van der Waals surface area contributed by atoms with E-state index in [-0.39, 0.29) is 17.9 Å². The van der Waals surface area contributed by atoms with E-state index in [4.69, 9.17) is 4.74 Å². The van der Waals surface area contributed by atoms with Crippen LogP contribution in [-0.2, 0) is 14.3 Å². The Morgan fingerprint density at radius 1 is 1.60 bits per heavy atom. The van der Waals surface area contributed by atoms with Crippen LogP contribution in [0.25, 0.3) is 0 Å². The smallest absolute Gasteiger partial charge is 0.328 e. The minimum atomic E-state index is -0.570. The number of nitrogens with one attached hydrogen (secondary N) is 2. The summed E-state index contributed by atoms with van der Waals surface area (Å²) >= 11 is 0. The molecular formula is C10H18N2O3. The van der Waals surface area contributed by atoms with Crippen LogP contribution < -0.4 is 10.6 Å². The molecule has 0 aliphatic carbocycles. The Morgan fingerprint density at radius 2 is 2.33 bits per heavy atom. The summed E-state index contributed by atoms with van der Waals surface area (Å²) in [6.45, 7) is 4.57. The van der Waals surface area contributed by atoms with Gasteiger partial charge >= 0.3 is 5.97 Å². The van der Waals surface area contributed by atoms with Crippen molar-refractivity contribution in [2.45, 2.75) is 38.8 Å². The Morgan fingerprint density at radius 3 is 2.87 bits per heavy atom. The molecule has 5 heteroatoms. The molecule has 2 N–H and O–H groups in total. The van der Waals surface area contributed by atoms with E-state index in [2.05, 4.69) is 10.6 Å². The van der Waals surface area contributed by atoms with Crippen molar-refractivity contribution in [1.29, 1.82) is 0 Å². The number of ether oxygens (including phenoxy) is 1. The molecule has 15 heavy (non-hydrogen) atoms. The lowest BCUT2D eigenvalue weighted by molar-refractivity contribution is -0.147. The topological polar surface area (TPSA) is 67.4 Å². The third-order valence-electron chi connectivity index (χ3n) is 2.38. The molecule has 0 saturated carbocycles. The molecule has 2 atom stereocenters. The maximum atomic E-state index is 11.6. The van der Waals surface area contributed by atoms with Crippen molar-refractivity contribution in [3.8, 4) is 0 Å². The molecule has 0 bridgehead atoms. The molecule has 0 aromatic rings. The average Bonchev–Trinajstić information content (AvgIpc) is 2.70. The molecule has 0 aromatic carbocycles. The lowest BCUT2D eigenvalue weighted by Crippen LogP contribution is -2.47. The quantitative estimate of drug-likeness (QED) is 0.636.